The van der Waals surface area contributed by atoms with Gasteiger partial charge in [0.05, 0.1) is 11.7 Å². The first kappa shape index (κ1) is 9.59. The van der Waals surface area contributed by atoms with Crippen LogP contribution in [0, 0.1) is 0 Å². The van der Waals surface area contributed by atoms with Crippen molar-refractivity contribution in [1.29, 1.82) is 0 Å². The van der Waals surface area contributed by atoms with Crippen molar-refractivity contribution in [3.8, 4) is 0 Å². The molecule has 0 saturated carbocycles. The van der Waals surface area contributed by atoms with Crippen LogP contribution in [-0.4, -0.2) is 26.1 Å². The van der Waals surface area contributed by atoms with E-state index in [0.29, 0.717) is 11.5 Å². The third-order valence-corrected chi connectivity index (χ3v) is 2.43. The monoisotopic (exact) mass is 227 g/mol. The summed E-state index contributed by atoms with van der Waals surface area (Å²) in [7, 11) is 0. The lowest BCUT2D eigenvalue weighted by Gasteiger charge is -2.01. The van der Waals surface area contributed by atoms with Gasteiger partial charge in [-0.2, -0.15) is 5.10 Å². The number of amides is 1. The predicted octanol–water partition coefficient (Wildman–Crippen LogP) is 1.54. The molecule has 84 valence electrons. The summed E-state index contributed by atoms with van der Waals surface area (Å²) in [5.74, 6) is 0.219. The van der Waals surface area contributed by atoms with Crippen molar-refractivity contribution in [2.24, 2.45) is 0 Å². The number of nitrogens with one attached hydrogen (secondary N) is 3. The maximum atomic E-state index is 11.9. The minimum Gasteiger partial charge on any atom is -0.331 e. The minimum atomic E-state index is -0.212. The fourth-order valence-corrected chi connectivity index (χ4v) is 1.59. The molecule has 3 aromatic rings. The van der Waals surface area contributed by atoms with E-state index in [1.54, 1.807) is 30.7 Å². The molecule has 1 amide bonds. The van der Waals surface area contributed by atoms with Crippen LogP contribution in [0.1, 0.15) is 10.4 Å². The molecule has 0 spiro atoms. The van der Waals surface area contributed by atoms with Crippen molar-refractivity contribution in [3.63, 3.8) is 0 Å². The van der Waals surface area contributed by atoms with Crippen molar-refractivity contribution < 1.29 is 4.79 Å². The number of hydrogen-bond donors (Lipinski definition) is 3. The van der Waals surface area contributed by atoms with Crippen LogP contribution in [0.3, 0.4) is 0 Å². The molecule has 3 rings (SSSR count). The van der Waals surface area contributed by atoms with Crippen LogP contribution in [0.15, 0.2) is 36.8 Å². The van der Waals surface area contributed by atoms with E-state index in [4.69, 9.17) is 0 Å². The van der Waals surface area contributed by atoms with Gasteiger partial charge in [-0.25, -0.2) is 4.98 Å². The standard InChI is InChI=1S/C11H9N5O/c17-10(15-11-12-3-4-13-11)7-1-2-8-6-14-16-9(8)5-7/h1-6H,(H,14,16)(H2,12,13,15,17). The Morgan fingerprint density at radius 3 is 3.12 bits per heavy atom. The first-order chi connectivity index (χ1) is 8.33. The smallest absolute Gasteiger partial charge is 0.258 e. The van der Waals surface area contributed by atoms with Gasteiger partial charge in [0.1, 0.15) is 0 Å². The average molecular weight is 227 g/mol. The van der Waals surface area contributed by atoms with E-state index in [0.717, 1.165) is 10.9 Å². The van der Waals surface area contributed by atoms with Gasteiger partial charge >= 0.3 is 0 Å². The number of aromatic amines is 2. The number of carbonyl (C=O) groups excluding carboxylic acids is 1. The number of anilines is 1. The van der Waals surface area contributed by atoms with Gasteiger partial charge in [0.15, 0.2) is 0 Å². The molecule has 0 unspecified atom stereocenters. The molecule has 6 heteroatoms. The fraction of sp³-hybridized carbons (Fsp3) is 0. The Labute approximate surface area is 96.1 Å². The van der Waals surface area contributed by atoms with Crippen molar-refractivity contribution in [2.75, 3.05) is 5.32 Å². The Bertz CT molecular complexity index is 655. The fourth-order valence-electron chi connectivity index (χ4n) is 1.59. The second-order valence-corrected chi connectivity index (χ2v) is 3.56. The highest BCUT2D eigenvalue weighted by atomic mass is 16.1. The molecule has 3 N–H and O–H groups in total. The Kier molecular flexibility index (Phi) is 2.11. The highest BCUT2D eigenvalue weighted by molar-refractivity contribution is 6.05. The summed E-state index contributed by atoms with van der Waals surface area (Å²) < 4.78 is 0. The van der Waals surface area contributed by atoms with E-state index >= 15 is 0 Å². The first-order valence-electron chi connectivity index (χ1n) is 5.07. The molecular weight excluding hydrogens is 218 g/mol. The molecule has 0 radical (unpaired) electrons. The van der Waals surface area contributed by atoms with E-state index in [2.05, 4.69) is 25.5 Å². The molecule has 0 bridgehead atoms. The lowest BCUT2D eigenvalue weighted by Crippen LogP contribution is -2.12. The summed E-state index contributed by atoms with van der Waals surface area (Å²) in [6.45, 7) is 0. The zero-order valence-corrected chi connectivity index (χ0v) is 8.77. The van der Waals surface area contributed by atoms with Crippen LogP contribution in [0.4, 0.5) is 5.95 Å². The molecule has 0 atom stereocenters. The molecule has 0 aliphatic carbocycles. The van der Waals surface area contributed by atoms with Crippen LogP contribution >= 0.6 is 0 Å². The molecule has 0 fully saturated rings. The highest BCUT2D eigenvalue weighted by Crippen LogP contribution is 2.13. The second-order valence-electron chi connectivity index (χ2n) is 3.56. The third kappa shape index (κ3) is 1.76. The van der Waals surface area contributed by atoms with Crippen LogP contribution in [0.25, 0.3) is 10.9 Å². The Balaban J connectivity index is 1.90. The van der Waals surface area contributed by atoms with Gasteiger partial charge in [0.2, 0.25) is 5.95 Å². The van der Waals surface area contributed by atoms with Gasteiger partial charge in [-0.1, -0.05) is 6.07 Å². The number of nitrogens with zero attached hydrogens (tertiary/aromatic N) is 2. The van der Waals surface area contributed by atoms with Crippen molar-refractivity contribution in [3.05, 3.63) is 42.4 Å². The number of aromatic nitrogens is 4. The number of benzene rings is 1. The molecule has 2 aromatic heterocycles. The van der Waals surface area contributed by atoms with Gasteiger partial charge in [0.25, 0.3) is 5.91 Å². The van der Waals surface area contributed by atoms with Crippen molar-refractivity contribution in [2.45, 2.75) is 0 Å². The largest absolute Gasteiger partial charge is 0.331 e. The summed E-state index contributed by atoms with van der Waals surface area (Å²) in [6, 6.07) is 5.34. The van der Waals surface area contributed by atoms with E-state index in [-0.39, 0.29) is 5.91 Å². The summed E-state index contributed by atoms with van der Waals surface area (Å²) in [6.07, 6.45) is 4.94. The molecule has 6 nitrogen and oxygen atoms in total. The number of hydrogen-bond acceptors (Lipinski definition) is 3. The zero-order valence-electron chi connectivity index (χ0n) is 8.77. The van der Waals surface area contributed by atoms with Crippen LogP contribution in [0.2, 0.25) is 0 Å². The van der Waals surface area contributed by atoms with E-state index in [1.165, 1.54) is 0 Å². The van der Waals surface area contributed by atoms with Crippen LogP contribution in [-0.2, 0) is 0 Å². The number of fused-ring (bicyclic) bond motifs is 1. The van der Waals surface area contributed by atoms with Gasteiger partial charge < -0.3 is 4.98 Å². The average Bonchev–Trinajstić information content (AvgIpc) is 2.97. The Hall–Kier alpha value is -2.63. The summed E-state index contributed by atoms with van der Waals surface area (Å²) in [4.78, 5) is 18.6. The zero-order chi connectivity index (χ0) is 11.7. The molecule has 0 aliphatic rings. The molecule has 1 aromatic carbocycles. The Morgan fingerprint density at radius 2 is 2.29 bits per heavy atom. The van der Waals surface area contributed by atoms with Crippen LogP contribution < -0.4 is 5.32 Å². The number of rotatable bonds is 2. The minimum absolute atomic E-state index is 0.212. The third-order valence-electron chi connectivity index (χ3n) is 2.43. The predicted molar refractivity (Wildman–Crippen MR) is 62.6 cm³/mol. The maximum absolute atomic E-state index is 11.9. The van der Waals surface area contributed by atoms with Crippen molar-refractivity contribution >= 4 is 22.8 Å². The van der Waals surface area contributed by atoms with Crippen molar-refractivity contribution in [1.82, 2.24) is 20.2 Å². The quantitative estimate of drug-likeness (QED) is 0.620. The summed E-state index contributed by atoms with van der Waals surface area (Å²) in [5, 5.41) is 10.3. The lowest BCUT2D eigenvalue weighted by molar-refractivity contribution is 0.102. The van der Waals surface area contributed by atoms with E-state index in [1.807, 2.05) is 6.07 Å². The van der Waals surface area contributed by atoms with Gasteiger partial charge in [-0.05, 0) is 12.1 Å². The normalized spacial score (nSPS) is 10.6. The molecular formula is C11H9N5O. The van der Waals surface area contributed by atoms with Gasteiger partial charge in [-0.15, -0.1) is 0 Å². The first-order valence-corrected chi connectivity index (χ1v) is 5.07. The maximum Gasteiger partial charge on any atom is 0.258 e. The lowest BCUT2D eigenvalue weighted by atomic mass is 10.1. The Morgan fingerprint density at radius 1 is 1.35 bits per heavy atom. The van der Waals surface area contributed by atoms with Gasteiger partial charge in [0, 0.05) is 23.3 Å². The molecule has 17 heavy (non-hydrogen) atoms. The molecule has 2 heterocycles. The topological polar surface area (TPSA) is 86.5 Å². The summed E-state index contributed by atoms with van der Waals surface area (Å²) in [5.41, 5.74) is 1.38. The van der Waals surface area contributed by atoms with Crippen LogP contribution in [0.5, 0.6) is 0 Å². The van der Waals surface area contributed by atoms with E-state index in [9.17, 15) is 4.79 Å². The second kappa shape index (κ2) is 3.75. The highest BCUT2D eigenvalue weighted by Gasteiger charge is 2.08. The molecule has 0 saturated heterocycles. The SMILES string of the molecule is O=C(Nc1ncc[nH]1)c1ccc2cn[nH]c2c1. The summed E-state index contributed by atoms with van der Waals surface area (Å²) >= 11 is 0. The molecule has 0 aliphatic heterocycles. The number of imidazole rings is 1. The van der Waals surface area contributed by atoms with Gasteiger partial charge in [-0.3, -0.25) is 15.2 Å². The number of carbonyl (C=O) groups is 1. The van der Waals surface area contributed by atoms with E-state index < -0.39 is 0 Å². The number of H-pyrrole nitrogens is 2.